The number of nitrogens with two attached hydrogens (primary N) is 1. The Labute approximate surface area is 153 Å². The van der Waals surface area contributed by atoms with Crippen molar-refractivity contribution in [1.82, 2.24) is 10.9 Å². The second kappa shape index (κ2) is 9.02. The predicted molar refractivity (Wildman–Crippen MR) is 92.6 cm³/mol. The van der Waals surface area contributed by atoms with E-state index in [0.29, 0.717) is 0 Å². The second-order valence-electron chi connectivity index (χ2n) is 5.13. The fourth-order valence-electron chi connectivity index (χ4n) is 1.89. The molecule has 0 heterocycles. The van der Waals surface area contributed by atoms with Crippen LogP contribution in [-0.2, 0) is 4.79 Å². The van der Waals surface area contributed by atoms with Crippen LogP contribution in [-0.4, -0.2) is 23.1 Å². The average molecular weight is 369 g/mol. The van der Waals surface area contributed by atoms with Crippen LogP contribution in [0, 0.1) is 16.5 Å². The van der Waals surface area contributed by atoms with Gasteiger partial charge in [0.1, 0.15) is 6.07 Å². The van der Waals surface area contributed by atoms with E-state index < -0.39 is 23.1 Å². The van der Waals surface area contributed by atoms with E-state index in [2.05, 4.69) is 21.1 Å². The van der Waals surface area contributed by atoms with Gasteiger partial charge in [-0.15, -0.1) is 0 Å². The lowest BCUT2D eigenvalue weighted by atomic mass is 10.2. The number of hydrazine groups is 1. The number of anilines is 1. The van der Waals surface area contributed by atoms with E-state index in [4.69, 9.17) is 16.2 Å². The molecule has 2 rings (SSSR count). The second-order valence-corrected chi connectivity index (χ2v) is 5.13. The topological polar surface area (TPSA) is 180 Å². The van der Waals surface area contributed by atoms with Gasteiger partial charge in [0.25, 0.3) is 11.8 Å². The van der Waals surface area contributed by atoms with Gasteiger partial charge in [-0.1, -0.05) is 12.1 Å². The van der Waals surface area contributed by atoms with Crippen molar-refractivity contribution in [3.05, 3.63) is 59.3 Å². The summed E-state index contributed by atoms with van der Waals surface area (Å²) < 4.78 is 0. The zero-order chi connectivity index (χ0) is 19.8. The van der Waals surface area contributed by atoms with Gasteiger partial charge in [0.05, 0.1) is 11.3 Å². The maximum absolute atomic E-state index is 12.0. The molecule has 0 aliphatic heterocycles. The Morgan fingerprint density at radius 1 is 1.19 bits per heavy atom. The minimum atomic E-state index is -1.52. The molecule has 2 atom stereocenters. The average Bonchev–Trinajstić information content (AvgIpc) is 2.67. The zero-order valence-corrected chi connectivity index (χ0v) is 13.8. The highest BCUT2D eigenvalue weighted by Gasteiger charge is 2.18. The molecule has 11 heteroatoms. The van der Waals surface area contributed by atoms with Crippen molar-refractivity contribution in [2.24, 2.45) is 10.2 Å². The Balaban J connectivity index is 1.96. The van der Waals surface area contributed by atoms with Gasteiger partial charge in [-0.2, -0.15) is 20.7 Å². The van der Waals surface area contributed by atoms with E-state index in [0.717, 1.165) is 0 Å². The summed E-state index contributed by atoms with van der Waals surface area (Å²) in [5, 5.41) is 34.8. The molecule has 0 aliphatic rings. The summed E-state index contributed by atoms with van der Waals surface area (Å²) in [5.41, 5.74) is 10.6. The summed E-state index contributed by atoms with van der Waals surface area (Å²) in [5.74, 6) is -1.55. The summed E-state index contributed by atoms with van der Waals surface area (Å²) in [4.78, 5) is 23.9. The molecule has 0 saturated heterocycles. The van der Waals surface area contributed by atoms with Crippen LogP contribution in [0.1, 0.15) is 10.4 Å². The van der Waals surface area contributed by atoms with Crippen molar-refractivity contribution in [3.8, 4) is 6.07 Å². The molecule has 0 saturated carbocycles. The van der Waals surface area contributed by atoms with Gasteiger partial charge < -0.3 is 10.9 Å². The van der Waals surface area contributed by atoms with Crippen LogP contribution in [0.2, 0.25) is 0 Å². The van der Waals surface area contributed by atoms with Crippen LogP contribution < -0.4 is 21.8 Å². The highest BCUT2D eigenvalue weighted by atomic mass is 16.8. The molecule has 0 fully saturated rings. The van der Waals surface area contributed by atoms with Gasteiger partial charge in [-0.3, -0.25) is 20.4 Å². The molecular weight excluding hydrogens is 354 g/mol. The first kappa shape index (κ1) is 19.5. The largest absolute Gasteiger partial charge is 0.595 e. The number of nitrogens with zero attached hydrogens (tertiary/aromatic N) is 3. The lowest BCUT2D eigenvalue weighted by molar-refractivity contribution is -0.991. The first-order chi connectivity index (χ1) is 12.9. The van der Waals surface area contributed by atoms with Crippen molar-refractivity contribution in [1.29, 1.82) is 5.26 Å². The Hall–Kier alpha value is -3.85. The fourth-order valence-corrected chi connectivity index (χ4v) is 1.89. The minimum Gasteiger partial charge on any atom is -0.595 e. The monoisotopic (exact) mass is 369 g/mol. The Kier molecular flexibility index (Phi) is 6.50. The minimum absolute atomic E-state index is 0.0615. The lowest BCUT2D eigenvalue weighted by Crippen LogP contribution is -2.99. The number of quaternary nitrogens is 1. The molecule has 1 unspecified atom stereocenters. The molecule has 0 aliphatic carbocycles. The molecule has 27 heavy (non-hydrogen) atoms. The van der Waals surface area contributed by atoms with Crippen LogP contribution in [0.15, 0.2) is 58.8 Å². The maximum Gasteiger partial charge on any atom is 0.279 e. The van der Waals surface area contributed by atoms with Crippen LogP contribution in [0.25, 0.3) is 0 Å². The third-order valence-corrected chi connectivity index (χ3v) is 3.28. The summed E-state index contributed by atoms with van der Waals surface area (Å²) in [6.45, 7) is 0. The summed E-state index contributed by atoms with van der Waals surface area (Å²) in [7, 11) is 0. The van der Waals surface area contributed by atoms with Crippen molar-refractivity contribution < 1.29 is 20.0 Å². The number of nitrogen functional groups attached to an aromatic ring is 1. The quantitative estimate of drug-likeness (QED) is 0.283. The van der Waals surface area contributed by atoms with Crippen molar-refractivity contribution in [2.75, 3.05) is 5.73 Å². The first-order valence-electron chi connectivity index (χ1n) is 7.51. The summed E-state index contributed by atoms with van der Waals surface area (Å²) >= 11 is 0. The van der Waals surface area contributed by atoms with Gasteiger partial charge in [0.2, 0.25) is 6.04 Å². The van der Waals surface area contributed by atoms with Gasteiger partial charge in [0, 0.05) is 17.8 Å². The van der Waals surface area contributed by atoms with E-state index in [9.17, 15) is 14.8 Å². The van der Waals surface area contributed by atoms with Crippen LogP contribution >= 0.6 is 0 Å². The van der Waals surface area contributed by atoms with Crippen LogP contribution in [0.5, 0.6) is 0 Å². The van der Waals surface area contributed by atoms with Gasteiger partial charge in [-0.25, -0.2) is 5.21 Å². The Morgan fingerprint density at radius 3 is 2.44 bits per heavy atom. The molecule has 2 aromatic rings. The zero-order valence-electron chi connectivity index (χ0n) is 13.8. The number of nitrogens with one attached hydrogen (secondary N) is 3. The van der Waals surface area contributed by atoms with Crippen molar-refractivity contribution in [3.63, 3.8) is 0 Å². The number of rotatable bonds is 5. The molecule has 0 radical (unpaired) electrons. The number of carbonyl (C=O) groups excluding carboxylic acids is 2. The number of para-hydroxylation sites is 1. The van der Waals surface area contributed by atoms with Gasteiger partial charge in [0.15, 0.2) is 5.69 Å². The number of benzene rings is 2. The number of azo groups is 1. The standard InChI is InChI=1S/C16H15N7O4/c17-9-14(20-19-10-5-7-11(8-6-10)23(26)27)16(25)22-21-15(24)12-3-1-2-4-13(12)18/h1-8,14,23,26H,18H2,(H,21,24)(H,22,25)/t14-/m1/s1. The Morgan fingerprint density at radius 2 is 1.85 bits per heavy atom. The van der Waals surface area contributed by atoms with E-state index in [1.165, 1.54) is 36.4 Å². The van der Waals surface area contributed by atoms with E-state index in [1.54, 1.807) is 18.2 Å². The molecule has 138 valence electrons. The van der Waals surface area contributed by atoms with E-state index in [-0.39, 0.29) is 22.6 Å². The van der Waals surface area contributed by atoms with E-state index >= 15 is 0 Å². The fraction of sp³-hybridized carbons (Fsp3) is 0.0625. The summed E-state index contributed by atoms with van der Waals surface area (Å²) in [6, 6.07) is 11.7. The molecule has 11 nitrogen and oxygen atoms in total. The number of hydrogen-bond donors (Lipinski definition) is 5. The lowest BCUT2D eigenvalue weighted by Gasteiger charge is -2.10. The molecule has 6 N–H and O–H groups in total. The highest BCUT2D eigenvalue weighted by molar-refractivity contribution is 6.00. The highest BCUT2D eigenvalue weighted by Crippen LogP contribution is 2.15. The molecule has 0 bridgehead atoms. The number of nitriles is 1. The van der Waals surface area contributed by atoms with Gasteiger partial charge >= 0.3 is 0 Å². The van der Waals surface area contributed by atoms with Gasteiger partial charge in [-0.05, 0) is 24.3 Å². The molecule has 0 spiro atoms. The smallest absolute Gasteiger partial charge is 0.279 e. The molecule has 2 aromatic carbocycles. The normalized spacial score (nSPS) is 12.8. The number of amides is 2. The van der Waals surface area contributed by atoms with Crippen LogP contribution in [0.4, 0.5) is 17.1 Å². The SMILES string of the molecule is N#C[C@@H](N=Nc1ccc([NH+]([O-])O)cc1)C(=O)NNC(=O)c1ccccc1N. The van der Waals surface area contributed by atoms with Crippen molar-refractivity contribution in [2.45, 2.75) is 6.04 Å². The first-order valence-corrected chi connectivity index (χ1v) is 7.51. The molecular formula is C16H15N7O4. The number of carbonyl (C=O) groups is 2. The third-order valence-electron chi connectivity index (χ3n) is 3.28. The number of hydrogen-bond acceptors (Lipinski definition) is 8. The summed E-state index contributed by atoms with van der Waals surface area (Å²) in [6.07, 6.45) is 0. The Bertz CT molecular complexity index is 890. The maximum atomic E-state index is 12.0. The van der Waals surface area contributed by atoms with Crippen LogP contribution in [0.3, 0.4) is 0 Å². The third kappa shape index (κ3) is 5.31. The molecule has 2 amide bonds. The van der Waals surface area contributed by atoms with E-state index in [1.807, 2.05) is 0 Å². The predicted octanol–water partition coefficient (Wildman–Crippen LogP) is 0.109. The van der Waals surface area contributed by atoms with Crippen molar-refractivity contribution >= 4 is 28.9 Å². The molecule has 0 aromatic heterocycles.